The monoisotopic (exact) mass is 185 g/mol. The number of piperidine rings is 1. The van der Waals surface area contributed by atoms with Gasteiger partial charge in [-0.1, -0.05) is 0 Å². The number of nitrogens with one attached hydrogen (secondary N) is 1. The van der Waals surface area contributed by atoms with Crippen molar-refractivity contribution in [2.45, 2.75) is 44.5 Å². The van der Waals surface area contributed by atoms with Crippen molar-refractivity contribution in [3.63, 3.8) is 0 Å². The van der Waals surface area contributed by atoms with Crippen molar-refractivity contribution in [1.29, 1.82) is 0 Å². The molecule has 2 aliphatic heterocycles. The molecule has 0 aliphatic carbocycles. The smallest absolute Gasteiger partial charge is 0.0860 e. The largest absolute Gasteiger partial charge is 0.376 e. The molecule has 2 rings (SSSR count). The van der Waals surface area contributed by atoms with Crippen LogP contribution in [-0.4, -0.2) is 38.0 Å². The first-order chi connectivity index (χ1) is 6.36. The van der Waals surface area contributed by atoms with Gasteiger partial charge in [0.05, 0.1) is 18.3 Å². The Morgan fingerprint density at radius 3 is 2.92 bits per heavy atom. The molecule has 0 aromatic carbocycles. The lowest BCUT2D eigenvalue weighted by Crippen LogP contribution is -2.39. The first-order valence-electron chi connectivity index (χ1n) is 5.34. The molecular weight excluding hydrogens is 166 g/mol. The summed E-state index contributed by atoms with van der Waals surface area (Å²) < 4.78 is 11.4. The molecular formula is C10H19NO2. The highest BCUT2D eigenvalue weighted by Crippen LogP contribution is 2.20. The Kier molecular flexibility index (Phi) is 3.19. The molecule has 13 heavy (non-hydrogen) atoms. The summed E-state index contributed by atoms with van der Waals surface area (Å²) in [6.07, 6.45) is 4.57. The van der Waals surface area contributed by atoms with Crippen molar-refractivity contribution in [2.75, 3.05) is 19.7 Å². The molecule has 2 saturated heterocycles. The van der Waals surface area contributed by atoms with E-state index in [0.717, 1.165) is 26.1 Å². The van der Waals surface area contributed by atoms with Gasteiger partial charge < -0.3 is 14.8 Å². The van der Waals surface area contributed by atoms with Gasteiger partial charge in [0.15, 0.2) is 0 Å². The highest BCUT2D eigenvalue weighted by atomic mass is 16.6. The minimum atomic E-state index is 0.293. The van der Waals surface area contributed by atoms with E-state index in [2.05, 4.69) is 12.2 Å². The normalized spacial score (nSPS) is 40.8. The highest BCUT2D eigenvalue weighted by Gasteiger charge is 2.28. The van der Waals surface area contributed by atoms with Gasteiger partial charge in [0.1, 0.15) is 0 Å². The van der Waals surface area contributed by atoms with Gasteiger partial charge in [-0.3, -0.25) is 0 Å². The molecule has 0 bridgehead atoms. The third kappa shape index (κ3) is 2.42. The molecule has 3 unspecified atom stereocenters. The molecule has 76 valence electrons. The zero-order chi connectivity index (χ0) is 9.10. The molecule has 3 heteroatoms. The lowest BCUT2D eigenvalue weighted by Gasteiger charge is -2.27. The van der Waals surface area contributed by atoms with Gasteiger partial charge in [-0.25, -0.2) is 0 Å². The van der Waals surface area contributed by atoms with Gasteiger partial charge in [0, 0.05) is 13.2 Å². The zero-order valence-corrected chi connectivity index (χ0v) is 8.29. The van der Waals surface area contributed by atoms with E-state index in [1.54, 1.807) is 0 Å². The molecule has 0 spiro atoms. The standard InChI is InChI=1S/C10H19NO2/c1-8-10(4-6-12-8)13-9-3-2-5-11-7-9/h8-11H,2-7H2,1H3. The van der Waals surface area contributed by atoms with Gasteiger partial charge >= 0.3 is 0 Å². The van der Waals surface area contributed by atoms with Crippen molar-refractivity contribution in [3.05, 3.63) is 0 Å². The lowest BCUT2D eigenvalue weighted by atomic mass is 10.1. The van der Waals surface area contributed by atoms with Crippen LogP contribution in [0.25, 0.3) is 0 Å². The summed E-state index contributed by atoms with van der Waals surface area (Å²) >= 11 is 0. The Balaban J connectivity index is 1.75. The molecule has 0 radical (unpaired) electrons. The summed E-state index contributed by atoms with van der Waals surface area (Å²) in [6, 6.07) is 0. The van der Waals surface area contributed by atoms with Crippen LogP contribution in [0, 0.1) is 0 Å². The summed E-state index contributed by atoms with van der Waals surface area (Å²) in [4.78, 5) is 0. The number of rotatable bonds is 2. The molecule has 2 heterocycles. The summed E-state index contributed by atoms with van der Waals surface area (Å²) in [6.45, 7) is 5.14. The number of ether oxygens (including phenoxy) is 2. The summed E-state index contributed by atoms with van der Waals surface area (Å²) in [5.41, 5.74) is 0. The Bertz CT molecular complexity index is 157. The van der Waals surface area contributed by atoms with E-state index in [-0.39, 0.29) is 0 Å². The van der Waals surface area contributed by atoms with Crippen LogP contribution < -0.4 is 5.32 Å². The summed E-state index contributed by atoms with van der Waals surface area (Å²) in [7, 11) is 0. The Morgan fingerprint density at radius 2 is 2.31 bits per heavy atom. The molecule has 2 fully saturated rings. The lowest BCUT2D eigenvalue weighted by molar-refractivity contribution is -0.0521. The van der Waals surface area contributed by atoms with E-state index >= 15 is 0 Å². The fourth-order valence-electron chi connectivity index (χ4n) is 2.07. The maximum absolute atomic E-state index is 5.98. The second-order valence-electron chi connectivity index (χ2n) is 4.01. The second-order valence-corrected chi connectivity index (χ2v) is 4.01. The van der Waals surface area contributed by atoms with Crippen LogP contribution in [0.5, 0.6) is 0 Å². The average molecular weight is 185 g/mol. The Morgan fingerprint density at radius 1 is 1.38 bits per heavy atom. The molecule has 0 amide bonds. The van der Waals surface area contributed by atoms with E-state index in [4.69, 9.17) is 9.47 Å². The van der Waals surface area contributed by atoms with Crippen molar-refractivity contribution < 1.29 is 9.47 Å². The van der Waals surface area contributed by atoms with Crippen molar-refractivity contribution in [3.8, 4) is 0 Å². The summed E-state index contributed by atoms with van der Waals surface area (Å²) in [5, 5.41) is 3.36. The van der Waals surface area contributed by atoms with Gasteiger partial charge in [0.2, 0.25) is 0 Å². The van der Waals surface area contributed by atoms with Gasteiger partial charge in [-0.2, -0.15) is 0 Å². The Labute approximate surface area is 79.8 Å². The Hall–Kier alpha value is -0.120. The van der Waals surface area contributed by atoms with Crippen LogP contribution in [0.4, 0.5) is 0 Å². The van der Waals surface area contributed by atoms with Crippen LogP contribution >= 0.6 is 0 Å². The van der Waals surface area contributed by atoms with E-state index in [0.29, 0.717) is 18.3 Å². The average Bonchev–Trinajstić information content (AvgIpc) is 2.54. The predicted octanol–water partition coefficient (Wildman–Crippen LogP) is 0.932. The molecule has 0 aromatic rings. The molecule has 2 aliphatic rings. The third-order valence-electron chi connectivity index (χ3n) is 2.93. The zero-order valence-electron chi connectivity index (χ0n) is 8.29. The minimum absolute atomic E-state index is 0.293. The molecule has 0 saturated carbocycles. The third-order valence-corrected chi connectivity index (χ3v) is 2.93. The summed E-state index contributed by atoms with van der Waals surface area (Å²) in [5.74, 6) is 0. The number of hydrogen-bond donors (Lipinski definition) is 1. The quantitative estimate of drug-likeness (QED) is 0.694. The first-order valence-corrected chi connectivity index (χ1v) is 5.34. The molecule has 3 atom stereocenters. The van der Waals surface area contributed by atoms with Crippen molar-refractivity contribution in [1.82, 2.24) is 5.32 Å². The maximum Gasteiger partial charge on any atom is 0.0860 e. The van der Waals surface area contributed by atoms with Gasteiger partial charge in [-0.05, 0) is 32.7 Å². The van der Waals surface area contributed by atoms with Crippen LogP contribution in [0.1, 0.15) is 26.2 Å². The SMILES string of the molecule is CC1OCCC1OC1CCCNC1. The van der Waals surface area contributed by atoms with Crippen LogP contribution in [-0.2, 0) is 9.47 Å². The van der Waals surface area contributed by atoms with Crippen LogP contribution in [0.3, 0.4) is 0 Å². The second kappa shape index (κ2) is 4.40. The first kappa shape index (κ1) is 9.44. The predicted molar refractivity (Wildman–Crippen MR) is 50.8 cm³/mol. The van der Waals surface area contributed by atoms with E-state index < -0.39 is 0 Å². The highest BCUT2D eigenvalue weighted by molar-refractivity contribution is 4.77. The van der Waals surface area contributed by atoms with Crippen molar-refractivity contribution >= 4 is 0 Å². The molecule has 1 N–H and O–H groups in total. The van der Waals surface area contributed by atoms with E-state index in [1.165, 1.54) is 12.8 Å². The molecule has 3 nitrogen and oxygen atoms in total. The fourth-order valence-corrected chi connectivity index (χ4v) is 2.07. The van der Waals surface area contributed by atoms with Gasteiger partial charge in [0.25, 0.3) is 0 Å². The number of hydrogen-bond acceptors (Lipinski definition) is 3. The molecule has 0 aromatic heterocycles. The van der Waals surface area contributed by atoms with Crippen LogP contribution in [0.15, 0.2) is 0 Å². The fraction of sp³-hybridized carbons (Fsp3) is 1.00. The van der Waals surface area contributed by atoms with Crippen LogP contribution in [0.2, 0.25) is 0 Å². The maximum atomic E-state index is 5.98. The van der Waals surface area contributed by atoms with Crippen molar-refractivity contribution in [2.24, 2.45) is 0 Å². The van der Waals surface area contributed by atoms with E-state index in [1.807, 2.05) is 0 Å². The van der Waals surface area contributed by atoms with Gasteiger partial charge in [-0.15, -0.1) is 0 Å². The topological polar surface area (TPSA) is 30.5 Å². The van der Waals surface area contributed by atoms with E-state index in [9.17, 15) is 0 Å². The minimum Gasteiger partial charge on any atom is -0.376 e.